The summed E-state index contributed by atoms with van der Waals surface area (Å²) in [5.41, 5.74) is 3.01. The van der Waals surface area contributed by atoms with Crippen molar-refractivity contribution in [3.05, 3.63) is 66.7 Å². The molecule has 3 heterocycles. The predicted octanol–water partition coefficient (Wildman–Crippen LogP) is 3.99. The van der Waals surface area contributed by atoms with Gasteiger partial charge in [0.25, 0.3) is 0 Å². The highest BCUT2D eigenvalue weighted by Crippen LogP contribution is 2.23. The van der Waals surface area contributed by atoms with Crippen molar-refractivity contribution < 1.29 is 4.42 Å². The van der Waals surface area contributed by atoms with Crippen molar-refractivity contribution in [1.29, 1.82) is 0 Å². The summed E-state index contributed by atoms with van der Waals surface area (Å²) in [5.74, 6) is 0.828. The summed E-state index contributed by atoms with van der Waals surface area (Å²) in [6, 6.07) is 14.0. The first-order valence-corrected chi connectivity index (χ1v) is 6.80. The number of para-hydroxylation sites is 1. The quantitative estimate of drug-likeness (QED) is 0.614. The van der Waals surface area contributed by atoms with Crippen LogP contribution in [0, 0.1) is 0 Å². The topological polar surface area (TPSA) is 51.0 Å². The maximum atomic E-state index is 5.39. The molecule has 0 saturated heterocycles. The van der Waals surface area contributed by atoms with Crippen molar-refractivity contribution in [3.8, 4) is 0 Å². The van der Waals surface area contributed by atoms with Gasteiger partial charge in [-0.3, -0.25) is 4.98 Å². The van der Waals surface area contributed by atoms with Crippen LogP contribution in [0.25, 0.3) is 21.9 Å². The SMILES string of the molecule is c1cnc2c(CNc3nccc4occc34)cccc2c1. The third kappa shape index (κ3) is 2.10. The monoisotopic (exact) mass is 275 g/mol. The van der Waals surface area contributed by atoms with Gasteiger partial charge < -0.3 is 9.73 Å². The summed E-state index contributed by atoms with van der Waals surface area (Å²) in [7, 11) is 0. The minimum absolute atomic E-state index is 0.672. The molecule has 0 spiro atoms. The van der Waals surface area contributed by atoms with Gasteiger partial charge in [0, 0.05) is 24.3 Å². The number of furan rings is 1. The Morgan fingerprint density at radius 3 is 2.90 bits per heavy atom. The molecule has 0 aliphatic carbocycles. The molecule has 0 unspecified atom stereocenters. The lowest BCUT2D eigenvalue weighted by Gasteiger charge is -2.08. The number of benzene rings is 1. The Balaban J connectivity index is 1.68. The van der Waals surface area contributed by atoms with E-state index in [-0.39, 0.29) is 0 Å². The van der Waals surface area contributed by atoms with Crippen molar-refractivity contribution in [2.24, 2.45) is 0 Å². The minimum Gasteiger partial charge on any atom is -0.464 e. The molecule has 4 heteroatoms. The molecule has 0 fully saturated rings. The van der Waals surface area contributed by atoms with Crippen LogP contribution in [0.3, 0.4) is 0 Å². The van der Waals surface area contributed by atoms with Gasteiger partial charge in [0.15, 0.2) is 0 Å². The van der Waals surface area contributed by atoms with Gasteiger partial charge >= 0.3 is 0 Å². The van der Waals surface area contributed by atoms with Gasteiger partial charge in [0.2, 0.25) is 0 Å². The smallest absolute Gasteiger partial charge is 0.139 e. The van der Waals surface area contributed by atoms with Crippen LogP contribution in [0.5, 0.6) is 0 Å². The van der Waals surface area contributed by atoms with E-state index in [4.69, 9.17) is 4.42 Å². The predicted molar refractivity (Wildman–Crippen MR) is 83.1 cm³/mol. The summed E-state index contributed by atoms with van der Waals surface area (Å²) >= 11 is 0. The number of anilines is 1. The van der Waals surface area contributed by atoms with E-state index in [1.165, 1.54) is 0 Å². The maximum absolute atomic E-state index is 5.39. The van der Waals surface area contributed by atoms with Gasteiger partial charge in [-0.1, -0.05) is 24.3 Å². The third-order valence-corrected chi connectivity index (χ3v) is 3.54. The highest BCUT2D eigenvalue weighted by molar-refractivity contribution is 5.88. The van der Waals surface area contributed by atoms with E-state index in [1.807, 2.05) is 30.5 Å². The average Bonchev–Trinajstić information content (AvgIpc) is 3.02. The summed E-state index contributed by atoms with van der Waals surface area (Å²) in [6.07, 6.45) is 5.24. The van der Waals surface area contributed by atoms with Gasteiger partial charge in [0.05, 0.1) is 17.2 Å². The highest BCUT2D eigenvalue weighted by atomic mass is 16.3. The number of hydrogen-bond acceptors (Lipinski definition) is 4. The van der Waals surface area contributed by atoms with Crippen molar-refractivity contribution in [1.82, 2.24) is 9.97 Å². The normalized spacial score (nSPS) is 11.0. The zero-order valence-corrected chi connectivity index (χ0v) is 11.3. The van der Waals surface area contributed by atoms with E-state index >= 15 is 0 Å². The molecule has 0 amide bonds. The van der Waals surface area contributed by atoms with E-state index in [2.05, 4.69) is 33.5 Å². The van der Waals surface area contributed by atoms with Crippen LogP contribution in [-0.4, -0.2) is 9.97 Å². The molecule has 0 aliphatic rings. The molecule has 0 atom stereocenters. The van der Waals surface area contributed by atoms with E-state index in [0.29, 0.717) is 6.54 Å². The third-order valence-electron chi connectivity index (χ3n) is 3.54. The number of aromatic nitrogens is 2. The molecule has 0 bridgehead atoms. The highest BCUT2D eigenvalue weighted by Gasteiger charge is 2.06. The van der Waals surface area contributed by atoms with Crippen molar-refractivity contribution in [3.63, 3.8) is 0 Å². The van der Waals surface area contributed by atoms with Crippen molar-refractivity contribution in [2.75, 3.05) is 5.32 Å². The van der Waals surface area contributed by atoms with E-state index in [1.54, 1.807) is 12.5 Å². The Morgan fingerprint density at radius 2 is 1.90 bits per heavy atom. The summed E-state index contributed by atoms with van der Waals surface area (Å²) in [4.78, 5) is 8.85. The van der Waals surface area contributed by atoms with Crippen molar-refractivity contribution in [2.45, 2.75) is 6.54 Å². The minimum atomic E-state index is 0.672. The fraction of sp³-hybridized carbons (Fsp3) is 0.0588. The molecule has 21 heavy (non-hydrogen) atoms. The Labute approximate surface area is 121 Å². The Bertz CT molecular complexity index is 909. The van der Waals surface area contributed by atoms with Crippen LogP contribution in [0.1, 0.15) is 5.56 Å². The second-order valence-electron chi connectivity index (χ2n) is 4.84. The lowest BCUT2D eigenvalue weighted by molar-refractivity contribution is 0.615. The molecule has 0 aliphatic heterocycles. The molecule has 4 nitrogen and oxygen atoms in total. The van der Waals surface area contributed by atoms with Gasteiger partial charge in [-0.25, -0.2) is 4.98 Å². The average molecular weight is 275 g/mol. The molecule has 1 aromatic carbocycles. The lowest BCUT2D eigenvalue weighted by Crippen LogP contribution is -2.02. The second kappa shape index (κ2) is 4.90. The molecule has 3 aromatic heterocycles. The van der Waals surface area contributed by atoms with Crippen LogP contribution < -0.4 is 5.32 Å². The molecule has 4 rings (SSSR count). The fourth-order valence-electron chi connectivity index (χ4n) is 2.52. The molecular formula is C17H13N3O. The molecule has 1 N–H and O–H groups in total. The number of nitrogens with one attached hydrogen (secondary N) is 1. The Hall–Kier alpha value is -2.88. The fourth-order valence-corrected chi connectivity index (χ4v) is 2.52. The summed E-state index contributed by atoms with van der Waals surface area (Å²) < 4.78 is 5.39. The first kappa shape index (κ1) is 11.9. The molecule has 4 aromatic rings. The van der Waals surface area contributed by atoms with Gasteiger partial charge in [-0.15, -0.1) is 0 Å². The van der Waals surface area contributed by atoms with E-state index in [9.17, 15) is 0 Å². The number of nitrogens with zero attached hydrogens (tertiary/aromatic N) is 2. The number of pyridine rings is 2. The van der Waals surface area contributed by atoms with Crippen molar-refractivity contribution >= 4 is 27.7 Å². The van der Waals surface area contributed by atoms with Crippen LogP contribution in [0.2, 0.25) is 0 Å². The molecule has 0 saturated carbocycles. The zero-order chi connectivity index (χ0) is 14.1. The summed E-state index contributed by atoms with van der Waals surface area (Å²) in [5, 5.41) is 5.51. The van der Waals surface area contributed by atoms with E-state index < -0.39 is 0 Å². The Kier molecular flexibility index (Phi) is 2.78. The standard InChI is InChI=1S/C17H13N3O/c1-3-12-5-2-8-18-16(12)13(4-1)11-20-17-14-7-10-21-15(14)6-9-19-17/h1-10H,11H2,(H,19,20). The number of fused-ring (bicyclic) bond motifs is 2. The van der Waals surface area contributed by atoms with Crippen LogP contribution >= 0.6 is 0 Å². The van der Waals surface area contributed by atoms with Crippen LogP contribution in [0.15, 0.2) is 65.5 Å². The Morgan fingerprint density at radius 1 is 0.952 bits per heavy atom. The number of rotatable bonds is 3. The molecule has 102 valence electrons. The van der Waals surface area contributed by atoms with E-state index in [0.717, 1.165) is 33.3 Å². The second-order valence-corrected chi connectivity index (χ2v) is 4.84. The van der Waals surface area contributed by atoms with Crippen LogP contribution in [-0.2, 0) is 6.54 Å². The van der Waals surface area contributed by atoms with Gasteiger partial charge in [0.1, 0.15) is 11.4 Å². The van der Waals surface area contributed by atoms with Gasteiger partial charge in [-0.2, -0.15) is 0 Å². The maximum Gasteiger partial charge on any atom is 0.139 e. The number of hydrogen-bond donors (Lipinski definition) is 1. The first-order valence-electron chi connectivity index (χ1n) is 6.80. The first-order chi connectivity index (χ1) is 10.4. The zero-order valence-electron chi connectivity index (χ0n) is 11.3. The molecule has 0 radical (unpaired) electrons. The summed E-state index contributed by atoms with van der Waals surface area (Å²) in [6.45, 7) is 0.672. The lowest BCUT2D eigenvalue weighted by atomic mass is 10.1. The van der Waals surface area contributed by atoms with Gasteiger partial charge in [-0.05, 0) is 23.8 Å². The van der Waals surface area contributed by atoms with Crippen LogP contribution in [0.4, 0.5) is 5.82 Å². The largest absolute Gasteiger partial charge is 0.464 e. The molecular weight excluding hydrogens is 262 g/mol.